The first-order valence-corrected chi connectivity index (χ1v) is 8.92. The molecule has 0 radical (unpaired) electrons. The van der Waals surface area contributed by atoms with Crippen molar-refractivity contribution in [2.45, 2.75) is 26.9 Å². The highest BCUT2D eigenvalue weighted by Crippen LogP contribution is 2.29. The molecule has 3 rings (SSSR count). The van der Waals surface area contributed by atoms with E-state index in [1.807, 2.05) is 56.4 Å². The molecular formula is C20H22N2OS. The van der Waals surface area contributed by atoms with Gasteiger partial charge in [-0.1, -0.05) is 42.5 Å². The summed E-state index contributed by atoms with van der Waals surface area (Å²) in [5.74, 6) is 0.0596. The molecule has 4 heteroatoms. The summed E-state index contributed by atoms with van der Waals surface area (Å²) in [6.07, 6.45) is 4.10. The molecule has 3 aromatic rings. The number of nitrogens with zero attached hydrogens (tertiary/aromatic N) is 2. The van der Waals surface area contributed by atoms with Gasteiger partial charge in [0.15, 0.2) is 0 Å². The number of aryl methyl sites for hydroxylation is 1. The van der Waals surface area contributed by atoms with Gasteiger partial charge in [0.2, 0.25) is 0 Å². The van der Waals surface area contributed by atoms with E-state index in [0.717, 1.165) is 23.3 Å². The van der Waals surface area contributed by atoms with Crippen molar-refractivity contribution in [1.82, 2.24) is 9.47 Å². The number of aromatic nitrogens is 1. The first kappa shape index (κ1) is 16.5. The van der Waals surface area contributed by atoms with E-state index in [-0.39, 0.29) is 5.91 Å². The van der Waals surface area contributed by atoms with Crippen LogP contribution in [-0.2, 0) is 13.1 Å². The van der Waals surface area contributed by atoms with Crippen molar-refractivity contribution < 1.29 is 4.79 Å². The third-order valence-electron chi connectivity index (χ3n) is 4.06. The van der Waals surface area contributed by atoms with Crippen LogP contribution >= 0.6 is 11.3 Å². The highest BCUT2D eigenvalue weighted by molar-refractivity contribution is 7.19. The molecule has 2 aromatic heterocycles. The highest BCUT2D eigenvalue weighted by Gasteiger charge is 2.20. The first-order valence-electron chi connectivity index (χ1n) is 8.10. The Morgan fingerprint density at radius 3 is 2.71 bits per heavy atom. The molecule has 0 spiro atoms. The molecule has 2 heterocycles. The summed E-state index contributed by atoms with van der Waals surface area (Å²) in [6.45, 7) is 5.44. The zero-order valence-corrected chi connectivity index (χ0v) is 15.1. The third kappa shape index (κ3) is 3.29. The van der Waals surface area contributed by atoms with Crippen molar-refractivity contribution in [3.63, 3.8) is 0 Å². The predicted octanol–water partition coefficient (Wildman–Crippen LogP) is 4.86. The summed E-state index contributed by atoms with van der Waals surface area (Å²) >= 11 is 1.74. The number of carbonyl (C=O) groups excluding carboxylic acids is 1. The van der Waals surface area contributed by atoms with E-state index in [2.05, 4.69) is 23.6 Å². The number of benzene rings is 1. The summed E-state index contributed by atoms with van der Waals surface area (Å²) in [5, 5.41) is 0. The lowest BCUT2D eigenvalue weighted by atomic mass is 10.2. The maximum absolute atomic E-state index is 13.0. The van der Waals surface area contributed by atoms with Crippen LogP contribution < -0.4 is 0 Å². The number of amides is 1. The largest absolute Gasteiger partial charge is 0.336 e. The summed E-state index contributed by atoms with van der Waals surface area (Å²) in [7, 11) is 1.86. The second kappa shape index (κ2) is 7.05. The number of rotatable bonds is 5. The van der Waals surface area contributed by atoms with Gasteiger partial charge in [-0.2, -0.15) is 0 Å². The van der Waals surface area contributed by atoms with E-state index in [9.17, 15) is 4.79 Å². The molecule has 0 atom stereocenters. The van der Waals surface area contributed by atoms with Crippen molar-refractivity contribution in [2.24, 2.45) is 0 Å². The molecule has 3 nitrogen and oxygen atoms in total. The van der Waals surface area contributed by atoms with Gasteiger partial charge < -0.3 is 9.47 Å². The van der Waals surface area contributed by atoms with Gasteiger partial charge in [0, 0.05) is 25.0 Å². The number of fused-ring (bicyclic) bond motifs is 1. The minimum Gasteiger partial charge on any atom is -0.336 e. The van der Waals surface area contributed by atoms with Gasteiger partial charge in [-0.05, 0) is 31.5 Å². The minimum atomic E-state index is 0.0596. The summed E-state index contributed by atoms with van der Waals surface area (Å²) in [4.78, 5) is 16.0. The van der Waals surface area contributed by atoms with E-state index in [1.54, 1.807) is 16.2 Å². The second-order valence-corrected chi connectivity index (χ2v) is 7.25. The summed E-state index contributed by atoms with van der Waals surface area (Å²) < 4.78 is 3.29. The molecule has 0 aliphatic rings. The molecule has 1 amide bonds. The normalized spacial score (nSPS) is 11.5. The number of thiophene rings is 1. The van der Waals surface area contributed by atoms with E-state index < -0.39 is 0 Å². The van der Waals surface area contributed by atoms with Crippen molar-refractivity contribution in [1.29, 1.82) is 0 Å². The van der Waals surface area contributed by atoms with Crippen LogP contribution in [0.1, 0.15) is 27.9 Å². The van der Waals surface area contributed by atoms with E-state index in [4.69, 9.17) is 0 Å². The van der Waals surface area contributed by atoms with Gasteiger partial charge in [-0.3, -0.25) is 4.79 Å². The van der Waals surface area contributed by atoms with Crippen molar-refractivity contribution in [3.8, 4) is 0 Å². The Balaban J connectivity index is 1.92. The van der Waals surface area contributed by atoms with E-state index >= 15 is 0 Å². The molecule has 0 N–H and O–H groups in total. The standard InChI is InChI=1S/C20H22N2OS/c1-4-5-11-22-17-12-15(2)24-19(17)13-18(22)20(23)21(3)14-16-9-7-6-8-10-16/h4-10,12-13H,11,14H2,1-3H3. The second-order valence-electron chi connectivity index (χ2n) is 5.96. The van der Waals surface area contributed by atoms with Crippen LogP contribution in [0, 0.1) is 6.92 Å². The summed E-state index contributed by atoms with van der Waals surface area (Å²) in [5.41, 5.74) is 3.04. The lowest BCUT2D eigenvalue weighted by molar-refractivity contribution is 0.0775. The Morgan fingerprint density at radius 1 is 1.25 bits per heavy atom. The maximum atomic E-state index is 13.0. The Kier molecular flexibility index (Phi) is 4.86. The van der Waals surface area contributed by atoms with Crippen LogP contribution in [0.25, 0.3) is 10.2 Å². The third-order valence-corrected chi connectivity index (χ3v) is 5.05. The van der Waals surface area contributed by atoms with E-state index in [1.165, 1.54) is 9.58 Å². The highest BCUT2D eigenvalue weighted by atomic mass is 32.1. The van der Waals surface area contributed by atoms with Crippen molar-refractivity contribution in [3.05, 3.63) is 70.8 Å². The quantitative estimate of drug-likeness (QED) is 0.610. The van der Waals surface area contributed by atoms with Gasteiger partial charge in [-0.15, -0.1) is 11.3 Å². The van der Waals surface area contributed by atoms with E-state index in [0.29, 0.717) is 6.54 Å². The van der Waals surface area contributed by atoms with Gasteiger partial charge in [-0.25, -0.2) is 0 Å². The smallest absolute Gasteiger partial charge is 0.270 e. The molecule has 0 aliphatic carbocycles. The van der Waals surface area contributed by atoms with Gasteiger partial charge in [0.1, 0.15) is 5.69 Å². The molecule has 0 aliphatic heterocycles. The number of hydrogen-bond donors (Lipinski definition) is 0. The average molecular weight is 338 g/mol. The summed E-state index contributed by atoms with van der Waals surface area (Å²) in [6, 6.07) is 14.3. The molecule has 24 heavy (non-hydrogen) atoms. The topological polar surface area (TPSA) is 25.2 Å². The van der Waals surface area contributed by atoms with Crippen molar-refractivity contribution >= 4 is 27.5 Å². The monoisotopic (exact) mass is 338 g/mol. The number of hydrogen-bond acceptors (Lipinski definition) is 2. The molecule has 0 fully saturated rings. The van der Waals surface area contributed by atoms with Crippen LogP contribution in [0.4, 0.5) is 0 Å². The van der Waals surface area contributed by atoms with Gasteiger partial charge >= 0.3 is 0 Å². The van der Waals surface area contributed by atoms with Crippen LogP contribution in [0.2, 0.25) is 0 Å². The fourth-order valence-corrected chi connectivity index (χ4v) is 3.84. The molecule has 1 aromatic carbocycles. The Labute approximate surface area is 146 Å². The lowest BCUT2D eigenvalue weighted by Crippen LogP contribution is -2.28. The fraction of sp³-hybridized carbons (Fsp3) is 0.250. The molecule has 0 unspecified atom stereocenters. The molecule has 0 saturated carbocycles. The molecule has 0 bridgehead atoms. The van der Waals surface area contributed by atoms with Crippen LogP contribution in [0.5, 0.6) is 0 Å². The fourth-order valence-electron chi connectivity index (χ4n) is 2.87. The molecular weight excluding hydrogens is 316 g/mol. The van der Waals surface area contributed by atoms with Crippen LogP contribution in [0.15, 0.2) is 54.6 Å². The predicted molar refractivity (Wildman–Crippen MR) is 102 cm³/mol. The van der Waals surface area contributed by atoms with Crippen LogP contribution in [0.3, 0.4) is 0 Å². The zero-order valence-electron chi connectivity index (χ0n) is 14.3. The lowest BCUT2D eigenvalue weighted by Gasteiger charge is -2.18. The molecule has 124 valence electrons. The first-order chi connectivity index (χ1) is 11.6. The number of carbonyl (C=O) groups is 1. The Bertz CT molecular complexity index is 874. The minimum absolute atomic E-state index is 0.0596. The van der Waals surface area contributed by atoms with Gasteiger partial charge in [0.05, 0.1) is 10.2 Å². The molecule has 0 saturated heterocycles. The average Bonchev–Trinajstić information content (AvgIpc) is 3.09. The SMILES string of the molecule is CC=CCn1c(C(=O)N(C)Cc2ccccc2)cc2sc(C)cc21. The Hall–Kier alpha value is -2.33. The Morgan fingerprint density at radius 2 is 2.00 bits per heavy atom. The van der Waals surface area contributed by atoms with Crippen molar-refractivity contribution in [2.75, 3.05) is 7.05 Å². The zero-order chi connectivity index (χ0) is 17.1. The van der Waals surface area contributed by atoms with Gasteiger partial charge in [0.25, 0.3) is 5.91 Å². The number of allylic oxidation sites excluding steroid dienone is 2. The maximum Gasteiger partial charge on any atom is 0.270 e. The van der Waals surface area contributed by atoms with Crippen LogP contribution in [-0.4, -0.2) is 22.4 Å².